The minimum atomic E-state index is -0.266. The van der Waals surface area contributed by atoms with Crippen LogP contribution >= 0.6 is 0 Å². The Bertz CT molecular complexity index is 388. The standard InChI is InChI=1S/C14H19FO2/c1-4-17-14-8-7-12(15)9-13(14)10(2)5-6-11(3)16/h7-10H,4-6H2,1-3H3. The summed E-state index contributed by atoms with van der Waals surface area (Å²) in [7, 11) is 0. The highest BCUT2D eigenvalue weighted by atomic mass is 19.1. The van der Waals surface area contributed by atoms with Crippen LogP contribution in [0.5, 0.6) is 5.75 Å². The summed E-state index contributed by atoms with van der Waals surface area (Å²) in [5.41, 5.74) is 0.841. The number of hydrogen-bond donors (Lipinski definition) is 0. The molecule has 1 aromatic carbocycles. The van der Waals surface area contributed by atoms with Gasteiger partial charge in [-0.1, -0.05) is 6.92 Å². The third-order valence-corrected chi connectivity index (χ3v) is 2.73. The summed E-state index contributed by atoms with van der Waals surface area (Å²) in [6.07, 6.45) is 1.24. The van der Waals surface area contributed by atoms with Crippen LogP contribution in [0.4, 0.5) is 4.39 Å². The summed E-state index contributed by atoms with van der Waals surface area (Å²) in [6, 6.07) is 4.54. The first-order valence-corrected chi connectivity index (χ1v) is 5.96. The summed E-state index contributed by atoms with van der Waals surface area (Å²) in [5, 5.41) is 0. The first kappa shape index (κ1) is 13.7. The second-order valence-electron chi connectivity index (χ2n) is 4.26. The Morgan fingerprint density at radius 3 is 2.76 bits per heavy atom. The van der Waals surface area contributed by atoms with Crippen LogP contribution in [0.3, 0.4) is 0 Å². The highest BCUT2D eigenvalue weighted by Crippen LogP contribution is 2.30. The van der Waals surface area contributed by atoms with E-state index in [-0.39, 0.29) is 17.5 Å². The molecule has 0 aromatic heterocycles. The van der Waals surface area contributed by atoms with Crippen molar-refractivity contribution >= 4 is 5.78 Å². The average Bonchev–Trinajstić information content (AvgIpc) is 2.28. The molecule has 1 unspecified atom stereocenters. The fraction of sp³-hybridized carbons (Fsp3) is 0.500. The van der Waals surface area contributed by atoms with E-state index >= 15 is 0 Å². The van der Waals surface area contributed by atoms with E-state index in [4.69, 9.17) is 4.74 Å². The highest BCUT2D eigenvalue weighted by Gasteiger charge is 2.13. The molecule has 0 aliphatic carbocycles. The van der Waals surface area contributed by atoms with Crippen molar-refractivity contribution in [3.63, 3.8) is 0 Å². The molecular formula is C14H19FO2. The summed E-state index contributed by atoms with van der Waals surface area (Å²) < 4.78 is 18.7. The summed E-state index contributed by atoms with van der Waals surface area (Å²) in [6.45, 7) is 6.01. The normalized spacial score (nSPS) is 12.2. The Labute approximate surface area is 102 Å². The van der Waals surface area contributed by atoms with Gasteiger partial charge in [-0.15, -0.1) is 0 Å². The van der Waals surface area contributed by atoms with Crippen LogP contribution in [0.1, 0.15) is 45.1 Å². The zero-order chi connectivity index (χ0) is 12.8. The van der Waals surface area contributed by atoms with Crippen LogP contribution in [-0.2, 0) is 4.79 Å². The fourth-order valence-electron chi connectivity index (χ4n) is 1.77. The molecule has 0 saturated carbocycles. The maximum atomic E-state index is 13.2. The second-order valence-corrected chi connectivity index (χ2v) is 4.26. The molecule has 0 N–H and O–H groups in total. The van der Waals surface area contributed by atoms with Gasteiger partial charge in [-0.25, -0.2) is 4.39 Å². The fourth-order valence-corrected chi connectivity index (χ4v) is 1.77. The van der Waals surface area contributed by atoms with Crippen molar-refractivity contribution in [1.82, 2.24) is 0 Å². The quantitative estimate of drug-likeness (QED) is 0.755. The van der Waals surface area contributed by atoms with Gasteiger partial charge >= 0.3 is 0 Å². The molecule has 0 bridgehead atoms. The van der Waals surface area contributed by atoms with E-state index in [1.807, 2.05) is 13.8 Å². The first-order valence-electron chi connectivity index (χ1n) is 5.96. The van der Waals surface area contributed by atoms with Crippen molar-refractivity contribution in [3.05, 3.63) is 29.6 Å². The number of Topliss-reactive ketones (excluding diaryl/α,β-unsaturated/α-hetero) is 1. The zero-order valence-corrected chi connectivity index (χ0v) is 10.6. The minimum absolute atomic E-state index is 0.121. The van der Waals surface area contributed by atoms with E-state index in [1.165, 1.54) is 12.1 Å². The van der Waals surface area contributed by atoms with Gasteiger partial charge in [-0.2, -0.15) is 0 Å². The van der Waals surface area contributed by atoms with Gasteiger partial charge in [-0.3, -0.25) is 0 Å². The molecule has 2 nitrogen and oxygen atoms in total. The van der Waals surface area contributed by atoms with E-state index in [9.17, 15) is 9.18 Å². The number of ketones is 1. The molecule has 3 heteroatoms. The van der Waals surface area contributed by atoms with Crippen molar-refractivity contribution in [3.8, 4) is 5.75 Å². The monoisotopic (exact) mass is 238 g/mol. The predicted octanol–water partition coefficient (Wildman–Crippen LogP) is 3.70. The Kier molecular flexibility index (Phi) is 5.13. The number of carbonyl (C=O) groups excluding carboxylic acids is 1. The molecule has 1 atom stereocenters. The van der Waals surface area contributed by atoms with Gasteiger partial charge in [0.05, 0.1) is 6.61 Å². The largest absolute Gasteiger partial charge is 0.494 e. The van der Waals surface area contributed by atoms with Gasteiger partial charge in [0.15, 0.2) is 0 Å². The van der Waals surface area contributed by atoms with Gasteiger partial charge in [0.1, 0.15) is 17.3 Å². The number of hydrogen-bond acceptors (Lipinski definition) is 2. The maximum Gasteiger partial charge on any atom is 0.129 e. The van der Waals surface area contributed by atoms with Crippen LogP contribution in [0, 0.1) is 5.82 Å². The number of halogens is 1. The third-order valence-electron chi connectivity index (χ3n) is 2.73. The summed E-state index contributed by atoms with van der Waals surface area (Å²) in [5.74, 6) is 0.727. The number of ether oxygens (including phenoxy) is 1. The van der Waals surface area contributed by atoms with Crippen LogP contribution in [0.2, 0.25) is 0 Å². The number of rotatable bonds is 6. The Morgan fingerprint density at radius 2 is 2.18 bits per heavy atom. The van der Waals surface area contributed by atoms with Crippen molar-refractivity contribution < 1.29 is 13.9 Å². The Balaban J connectivity index is 2.85. The van der Waals surface area contributed by atoms with Crippen LogP contribution < -0.4 is 4.74 Å². The molecule has 17 heavy (non-hydrogen) atoms. The molecule has 0 radical (unpaired) electrons. The van der Waals surface area contributed by atoms with Gasteiger partial charge in [0.25, 0.3) is 0 Å². The molecule has 0 fully saturated rings. The van der Waals surface area contributed by atoms with Crippen molar-refractivity contribution in [2.24, 2.45) is 0 Å². The molecule has 0 aliphatic heterocycles. The zero-order valence-electron chi connectivity index (χ0n) is 10.6. The Hall–Kier alpha value is -1.38. The lowest BCUT2D eigenvalue weighted by Gasteiger charge is -2.16. The van der Waals surface area contributed by atoms with Crippen LogP contribution in [0.25, 0.3) is 0 Å². The third kappa shape index (κ3) is 4.17. The minimum Gasteiger partial charge on any atom is -0.494 e. The smallest absolute Gasteiger partial charge is 0.129 e. The highest BCUT2D eigenvalue weighted by molar-refractivity contribution is 5.75. The van der Waals surface area contributed by atoms with E-state index < -0.39 is 0 Å². The molecule has 1 aromatic rings. The molecule has 0 spiro atoms. The SMILES string of the molecule is CCOc1ccc(F)cc1C(C)CCC(C)=O. The topological polar surface area (TPSA) is 26.3 Å². The van der Waals surface area contributed by atoms with Gasteiger partial charge in [0, 0.05) is 6.42 Å². The Morgan fingerprint density at radius 1 is 1.47 bits per heavy atom. The van der Waals surface area contributed by atoms with Gasteiger partial charge in [-0.05, 0) is 49.9 Å². The lowest BCUT2D eigenvalue weighted by atomic mass is 9.94. The molecule has 0 saturated heterocycles. The van der Waals surface area contributed by atoms with Crippen molar-refractivity contribution in [1.29, 1.82) is 0 Å². The summed E-state index contributed by atoms with van der Waals surface area (Å²) in [4.78, 5) is 11.0. The van der Waals surface area contributed by atoms with Crippen LogP contribution in [-0.4, -0.2) is 12.4 Å². The number of carbonyl (C=O) groups is 1. The second kappa shape index (κ2) is 6.38. The predicted molar refractivity (Wildman–Crippen MR) is 65.9 cm³/mol. The molecule has 94 valence electrons. The van der Waals surface area contributed by atoms with Gasteiger partial charge < -0.3 is 9.53 Å². The molecule has 1 rings (SSSR count). The lowest BCUT2D eigenvalue weighted by molar-refractivity contribution is -0.117. The maximum absolute atomic E-state index is 13.2. The molecule has 0 amide bonds. The van der Waals surface area contributed by atoms with E-state index in [2.05, 4.69) is 0 Å². The molecular weight excluding hydrogens is 219 g/mol. The lowest BCUT2D eigenvalue weighted by Crippen LogP contribution is -2.03. The first-order chi connectivity index (χ1) is 8.04. The van der Waals surface area contributed by atoms with Crippen molar-refractivity contribution in [2.75, 3.05) is 6.61 Å². The van der Waals surface area contributed by atoms with E-state index in [1.54, 1.807) is 13.0 Å². The van der Waals surface area contributed by atoms with Gasteiger partial charge in [0.2, 0.25) is 0 Å². The van der Waals surface area contributed by atoms with E-state index in [0.717, 1.165) is 12.0 Å². The van der Waals surface area contributed by atoms with Crippen molar-refractivity contribution in [2.45, 2.75) is 39.5 Å². The van der Waals surface area contributed by atoms with E-state index in [0.29, 0.717) is 18.8 Å². The molecule has 0 aliphatic rings. The summed E-state index contributed by atoms with van der Waals surface area (Å²) >= 11 is 0. The number of benzene rings is 1. The van der Waals surface area contributed by atoms with Crippen LogP contribution in [0.15, 0.2) is 18.2 Å². The average molecular weight is 238 g/mol. The molecule has 0 heterocycles.